The normalized spacial score (nSPS) is 22.9. The predicted molar refractivity (Wildman–Crippen MR) is 76.5 cm³/mol. The summed E-state index contributed by atoms with van der Waals surface area (Å²) in [5, 5.41) is 7.08. The zero-order valence-electron chi connectivity index (χ0n) is 12.6. The molecule has 1 aliphatic rings. The first-order valence-corrected chi connectivity index (χ1v) is 7.18. The molecule has 6 heteroatoms. The number of morpholine rings is 1. The quantitative estimate of drug-likeness (QED) is 0.901. The van der Waals surface area contributed by atoms with Crippen LogP contribution in [0.5, 0.6) is 0 Å². The van der Waals surface area contributed by atoms with Crippen molar-refractivity contribution in [1.82, 2.24) is 20.0 Å². The number of carbonyl (C=O) groups excluding carboxylic acids is 1. The number of aromatic nitrogens is 2. The van der Waals surface area contributed by atoms with E-state index < -0.39 is 0 Å². The van der Waals surface area contributed by atoms with Crippen molar-refractivity contribution < 1.29 is 9.53 Å². The van der Waals surface area contributed by atoms with Gasteiger partial charge < -0.3 is 15.0 Å². The van der Waals surface area contributed by atoms with E-state index in [0.29, 0.717) is 26.2 Å². The first kappa shape index (κ1) is 14.8. The van der Waals surface area contributed by atoms with Crippen molar-refractivity contribution in [2.75, 3.05) is 26.2 Å². The first-order valence-electron chi connectivity index (χ1n) is 7.18. The van der Waals surface area contributed by atoms with E-state index in [1.807, 2.05) is 22.7 Å². The number of carbonyl (C=O) groups is 1. The standard InChI is InChI=1S/C14H24N4O2/c1-4-14(2)11-18(9-10-20-14)13(19)15-7-5-12-6-8-16-17(12)3/h6,8H,4-5,7,9-11H2,1-3H3,(H,15,19)/t14-/m1/s1. The molecule has 6 nitrogen and oxygen atoms in total. The van der Waals surface area contributed by atoms with Crippen molar-refractivity contribution in [1.29, 1.82) is 0 Å². The summed E-state index contributed by atoms with van der Waals surface area (Å²) in [5.74, 6) is 0. The van der Waals surface area contributed by atoms with Crippen LogP contribution in [0.2, 0.25) is 0 Å². The highest BCUT2D eigenvalue weighted by molar-refractivity contribution is 5.74. The Hall–Kier alpha value is -1.56. The summed E-state index contributed by atoms with van der Waals surface area (Å²) in [6.07, 6.45) is 3.47. The Morgan fingerprint density at radius 2 is 2.40 bits per heavy atom. The third-order valence-electron chi connectivity index (χ3n) is 3.95. The molecule has 112 valence electrons. The number of hydrogen-bond donors (Lipinski definition) is 1. The minimum Gasteiger partial charge on any atom is -0.372 e. The predicted octanol–water partition coefficient (Wildman–Crippen LogP) is 1.17. The van der Waals surface area contributed by atoms with Crippen molar-refractivity contribution in [2.45, 2.75) is 32.3 Å². The van der Waals surface area contributed by atoms with E-state index in [-0.39, 0.29) is 11.6 Å². The summed E-state index contributed by atoms with van der Waals surface area (Å²) in [5.41, 5.74) is 0.906. The highest BCUT2D eigenvalue weighted by Gasteiger charge is 2.32. The van der Waals surface area contributed by atoms with Gasteiger partial charge in [-0.25, -0.2) is 4.79 Å². The molecule has 0 spiro atoms. The first-order chi connectivity index (χ1) is 9.54. The fourth-order valence-corrected chi connectivity index (χ4v) is 2.37. The highest BCUT2D eigenvalue weighted by atomic mass is 16.5. The Balaban J connectivity index is 1.78. The van der Waals surface area contributed by atoms with Gasteiger partial charge in [0.15, 0.2) is 0 Å². The Labute approximate surface area is 120 Å². The van der Waals surface area contributed by atoms with Gasteiger partial charge in [0.2, 0.25) is 0 Å². The van der Waals surface area contributed by atoms with Gasteiger partial charge in [0.25, 0.3) is 0 Å². The van der Waals surface area contributed by atoms with Crippen molar-refractivity contribution in [3.05, 3.63) is 18.0 Å². The lowest BCUT2D eigenvalue weighted by Gasteiger charge is -2.39. The minimum atomic E-state index is -0.211. The average Bonchev–Trinajstić information content (AvgIpc) is 2.84. The summed E-state index contributed by atoms with van der Waals surface area (Å²) in [7, 11) is 1.91. The lowest BCUT2D eigenvalue weighted by molar-refractivity contribution is -0.0872. The molecule has 1 N–H and O–H groups in total. The molecule has 2 heterocycles. The van der Waals surface area contributed by atoms with Crippen molar-refractivity contribution in [2.24, 2.45) is 7.05 Å². The summed E-state index contributed by atoms with van der Waals surface area (Å²) in [6, 6.07) is 1.96. The lowest BCUT2D eigenvalue weighted by Crippen LogP contribution is -2.54. The number of ether oxygens (including phenoxy) is 1. The van der Waals surface area contributed by atoms with E-state index >= 15 is 0 Å². The van der Waals surface area contributed by atoms with Crippen LogP contribution in [-0.4, -0.2) is 52.6 Å². The number of nitrogens with zero attached hydrogens (tertiary/aromatic N) is 3. The SMILES string of the molecule is CC[C@]1(C)CN(C(=O)NCCc2ccnn2C)CCO1. The Bertz CT molecular complexity index is 460. The maximum absolute atomic E-state index is 12.2. The second-order valence-electron chi connectivity index (χ2n) is 5.50. The molecule has 0 saturated carbocycles. The summed E-state index contributed by atoms with van der Waals surface area (Å²) in [4.78, 5) is 14.0. The van der Waals surface area contributed by atoms with Gasteiger partial charge in [-0.3, -0.25) is 4.68 Å². The van der Waals surface area contributed by atoms with Gasteiger partial charge in [-0.05, 0) is 19.4 Å². The smallest absolute Gasteiger partial charge is 0.317 e. The third kappa shape index (κ3) is 3.50. The molecular formula is C14H24N4O2. The largest absolute Gasteiger partial charge is 0.372 e. The van der Waals surface area contributed by atoms with Crippen molar-refractivity contribution >= 4 is 6.03 Å². The molecule has 1 aromatic rings. The van der Waals surface area contributed by atoms with E-state index in [1.54, 1.807) is 6.20 Å². The van der Waals surface area contributed by atoms with Crippen LogP contribution >= 0.6 is 0 Å². The van der Waals surface area contributed by atoms with E-state index in [1.165, 1.54) is 0 Å². The maximum atomic E-state index is 12.2. The molecule has 0 radical (unpaired) electrons. The third-order valence-corrected chi connectivity index (χ3v) is 3.95. The highest BCUT2D eigenvalue weighted by Crippen LogP contribution is 2.20. The van der Waals surface area contributed by atoms with Gasteiger partial charge >= 0.3 is 6.03 Å². The van der Waals surface area contributed by atoms with Gasteiger partial charge in [-0.15, -0.1) is 0 Å². The Kier molecular flexibility index (Phi) is 4.65. The summed E-state index contributed by atoms with van der Waals surface area (Å²) < 4.78 is 7.57. The van der Waals surface area contributed by atoms with Gasteiger partial charge in [0, 0.05) is 38.4 Å². The van der Waals surface area contributed by atoms with Crippen LogP contribution in [0.25, 0.3) is 0 Å². The number of rotatable bonds is 4. The van der Waals surface area contributed by atoms with Gasteiger partial charge in [0.05, 0.1) is 18.8 Å². The van der Waals surface area contributed by atoms with Crippen LogP contribution in [0.4, 0.5) is 4.79 Å². The monoisotopic (exact) mass is 280 g/mol. The second-order valence-corrected chi connectivity index (χ2v) is 5.50. The van der Waals surface area contributed by atoms with Crippen LogP contribution < -0.4 is 5.32 Å². The number of amides is 2. The molecule has 0 aromatic carbocycles. The minimum absolute atomic E-state index is 0.00450. The van der Waals surface area contributed by atoms with Crippen molar-refractivity contribution in [3.63, 3.8) is 0 Å². The van der Waals surface area contributed by atoms with Gasteiger partial charge in [-0.2, -0.15) is 5.10 Å². The molecule has 1 atom stereocenters. The fraction of sp³-hybridized carbons (Fsp3) is 0.714. The lowest BCUT2D eigenvalue weighted by atomic mass is 10.0. The Morgan fingerprint density at radius 1 is 1.60 bits per heavy atom. The molecule has 1 fully saturated rings. The molecular weight excluding hydrogens is 256 g/mol. The molecule has 1 aromatic heterocycles. The number of nitrogens with one attached hydrogen (secondary N) is 1. The van der Waals surface area contributed by atoms with E-state index in [2.05, 4.69) is 24.3 Å². The van der Waals surface area contributed by atoms with E-state index in [0.717, 1.165) is 18.5 Å². The molecule has 1 saturated heterocycles. The average molecular weight is 280 g/mol. The zero-order chi connectivity index (χ0) is 14.6. The molecule has 1 aliphatic heterocycles. The van der Waals surface area contributed by atoms with Crippen LogP contribution in [0.3, 0.4) is 0 Å². The maximum Gasteiger partial charge on any atom is 0.317 e. The van der Waals surface area contributed by atoms with Crippen molar-refractivity contribution in [3.8, 4) is 0 Å². The topological polar surface area (TPSA) is 59.4 Å². The molecule has 20 heavy (non-hydrogen) atoms. The van der Waals surface area contributed by atoms with Crippen LogP contribution in [-0.2, 0) is 18.2 Å². The fourth-order valence-electron chi connectivity index (χ4n) is 2.37. The van der Waals surface area contributed by atoms with Crippen LogP contribution in [0.15, 0.2) is 12.3 Å². The molecule has 0 aliphatic carbocycles. The number of hydrogen-bond acceptors (Lipinski definition) is 3. The van der Waals surface area contributed by atoms with Gasteiger partial charge in [0.1, 0.15) is 0 Å². The second kappa shape index (κ2) is 6.26. The van der Waals surface area contributed by atoms with E-state index in [9.17, 15) is 4.79 Å². The van der Waals surface area contributed by atoms with Crippen LogP contribution in [0.1, 0.15) is 26.0 Å². The zero-order valence-corrected chi connectivity index (χ0v) is 12.6. The molecule has 2 amide bonds. The van der Waals surface area contributed by atoms with Gasteiger partial charge in [-0.1, -0.05) is 6.92 Å². The molecule has 2 rings (SSSR count). The number of urea groups is 1. The van der Waals surface area contributed by atoms with Crippen LogP contribution in [0, 0.1) is 0 Å². The molecule has 0 bridgehead atoms. The number of aryl methyl sites for hydroxylation is 1. The summed E-state index contributed by atoms with van der Waals surface area (Å²) >= 11 is 0. The Morgan fingerprint density at radius 3 is 3.05 bits per heavy atom. The molecule has 0 unspecified atom stereocenters. The van der Waals surface area contributed by atoms with E-state index in [4.69, 9.17) is 4.74 Å². The summed E-state index contributed by atoms with van der Waals surface area (Å²) in [6.45, 7) is 6.69.